The summed E-state index contributed by atoms with van der Waals surface area (Å²) >= 11 is 0. The molecule has 1 unspecified atom stereocenters. The molecular formula is C11H13N5O2. The molecule has 0 aliphatic heterocycles. The fourth-order valence-electron chi connectivity index (χ4n) is 1.53. The van der Waals surface area contributed by atoms with E-state index < -0.39 is 12.0 Å². The van der Waals surface area contributed by atoms with E-state index in [0.717, 1.165) is 5.56 Å². The molecule has 7 nitrogen and oxygen atoms in total. The topological polar surface area (TPSA) is 92.9 Å². The van der Waals surface area contributed by atoms with Gasteiger partial charge >= 0.3 is 5.97 Å². The second-order valence-electron chi connectivity index (χ2n) is 3.91. The highest BCUT2D eigenvalue weighted by Gasteiger charge is 2.11. The van der Waals surface area contributed by atoms with E-state index in [2.05, 4.69) is 20.8 Å². The Hall–Kier alpha value is -2.44. The quantitative estimate of drug-likeness (QED) is 0.828. The molecule has 0 aliphatic carbocycles. The van der Waals surface area contributed by atoms with Crippen molar-refractivity contribution in [3.8, 4) is 11.4 Å². The number of anilines is 1. The number of aliphatic carboxylic acids is 1. The first-order chi connectivity index (χ1) is 8.58. The Labute approximate surface area is 103 Å². The smallest absolute Gasteiger partial charge is 0.325 e. The van der Waals surface area contributed by atoms with Gasteiger partial charge < -0.3 is 10.4 Å². The van der Waals surface area contributed by atoms with E-state index in [9.17, 15) is 4.79 Å². The zero-order chi connectivity index (χ0) is 13.1. The van der Waals surface area contributed by atoms with Crippen molar-refractivity contribution in [1.29, 1.82) is 0 Å². The number of hydrogen-bond acceptors (Lipinski definition) is 5. The maximum Gasteiger partial charge on any atom is 0.325 e. The van der Waals surface area contributed by atoms with Crippen molar-refractivity contribution in [3.63, 3.8) is 0 Å². The first-order valence-electron chi connectivity index (χ1n) is 5.40. The lowest BCUT2D eigenvalue weighted by atomic mass is 10.2. The molecule has 0 saturated heterocycles. The molecule has 0 fully saturated rings. The van der Waals surface area contributed by atoms with Gasteiger partial charge in [0.1, 0.15) is 6.04 Å². The number of aromatic nitrogens is 4. The van der Waals surface area contributed by atoms with Gasteiger partial charge in [-0.05, 0) is 29.5 Å². The van der Waals surface area contributed by atoms with Gasteiger partial charge in [-0.2, -0.15) is 0 Å². The minimum Gasteiger partial charge on any atom is -0.480 e. The third-order valence-corrected chi connectivity index (χ3v) is 2.49. The van der Waals surface area contributed by atoms with Gasteiger partial charge in [-0.1, -0.05) is 12.1 Å². The number of hydrogen-bond donors (Lipinski definition) is 2. The molecule has 0 amide bonds. The molecule has 18 heavy (non-hydrogen) atoms. The molecule has 0 spiro atoms. The van der Waals surface area contributed by atoms with Crippen LogP contribution in [-0.2, 0) is 11.8 Å². The first kappa shape index (κ1) is 12.0. The van der Waals surface area contributed by atoms with Crippen LogP contribution >= 0.6 is 0 Å². The number of nitrogens with one attached hydrogen (secondary N) is 1. The summed E-state index contributed by atoms with van der Waals surface area (Å²) < 4.78 is 1.56. The molecule has 0 aliphatic rings. The normalized spacial score (nSPS) is 12.1. The summed E-state index contributed by atoms with van der Waals surface area (Å²) in [4.78, 5) is 10.8. The summed E-state index contributed by atoms with van der Waals surface area (Å²) in [6.45, 7) is 1.58. The van der Waals surface area contributed by atoms with E-state index in [1.165, 1.54) is 0 Å². The summed E-state index contributed by atoms with van der Waals surface area (Å²) in [6.07, 6.45) is 0. The van der Waals surface area contributed by atoms with Gasteiger partial charge in [0.25, 0.3) is 0 Å². The van der Waals surface area contributed by atoms with Crippen LogP contribution in [-0.4, -0.2) is 37.3 Å². The van der Waals surface area contributed by atoms with Crippen LogP contribution in [0.5, 0.6) is 0 Å². The van der Waals surface area contributed by atoms with Crippen LogP contribution in [0.25, 0.3) is 11.4 Å². The average molecular weight is 247 g/mol. The van der Waals surface area contributed by atoms with Crippen molar-refractivity contribution >= 4 is 11.7 Å². The van der Waals surface area contributed by atoms with Crippen LogP contribution in [0.1, 0.15) is 6.92 Å². The number of carboxylic acids is 1. The van der Waals surface area contributed by atoms with Gasteiger partial charge in [0.2, 0.25) is 0 Å². The van der Waals surface area contributed by atoms with Gasteiger partial charge in [-0.15, -0.1) is 5.10 Å². The number of aryl methyl sites for hydroxylation is 1. The lowest BCUT2D eigenvalue weighted by Gasteiger charge is -2.11. The van der Waals surface area contributed by atoms with Crippen molar-refractivity contribution < 1.29 is 9.90 Å². The molecular weight excluding hydrogens is 234 g/mol. The maximum absolute atomic E-state index is 10.8. The fourth-order valence-corrected chi connectivity index (χ4v) is 1.53. The zero-order valence-corrected chi connectivity index (χ0v) is 10.0. The predicted molar refractivity (Wildman–Crippen MR) is 65.0 cm³/mol. The molecule has 1 heterocycles. The van der Waals surface area contributed by atoms with Crippen molar-refractivity contribution in [2.24, 2.45) is 7.05 Å². The number of tetrazole rings is 1. The number of rotatable bonds is 4. The molecule has 0 bridgehead atoms. The number of nitrogens with zero attached hydrogens (tertiary/aromatic N) is 4. The van der Waals surface area contributed by atoms with Crippen molar-refractivity contribution in [2.45, 2.75) is 13.0 Å². The zero-order valence-electron chi connectivity index (χ0n) is 10.0. The van der Waals surface area contributed by atoms with Gasteiger partial charge in [-0.3, -0.25) is 4.79 Å². The Morgan fingerprint density at radius 2 is 2.28 bits per heavy atom. The van der Waals surface area contributed by atoms with E-state index in [0.29, 0.717) is 11.5 Å². The Morgan fingerprint density at radius 3 is 2.89 bits per heavy atom. The number of carbonyl (C=O) groups is 1. The third kappa shape index (κ3) is 2.45. The van der Waals surface area contributed by atoms with Gasteiger partial charge in [0, 0.05) is 18.3 Å². The average Bonchev–Trinajstić information content (AvgIpc) is 2.75. The van der Waals surface area contributed by atoms with E-state index in [-0.39, 0.29) is 0 Å². The largest absolute Gasteiger partial charge is 0.480 e. The SMILES string of the molecule is CC(Nc1cccc(-c2nnnn2C)c1)C(=O)O. The van der Waals surface area contributed by atoms with Crippen LogP contribution < -0.4 is 5.32 Å². The summed E-state index contributed by atoms with van der Waals surface area (Å²) in [6, 6.07) is 6.64. The Morgan fingerprint density at radius 1 is 1.50 bits per heavy atom. The first-order valence-corrected chi connectivity index (χ1v) is 5.40. The number of carboxylic acid groups (broad SMARTS) is 1. The van der Waals surface area contributed by atoms with E-state index in [4.69, 9.17) is 5.11 Å². The molecule has 1 aromatic carbocycles. The monoisotopic (exact) mass is 247 g/mol. The lowest BCUT2D eigenvalue weighted by Crippen LogP contribution is -2.25. The molecule has 1 atom stereocenters. The van der Waals surface area contributed by atoms with Gasteiger partial charge in [0.05, 0.1) is 0 Å². The fraction of sp³-hybridized carbons (Fsp3) is 0.273. The molecule has 2 rings (SSSR count). The highest BCUT2D eigenvalue weighted by molar-refractivity contribution is 5.77. The minimum absolute atomic E-state index is 0.627. The van der Waals surface area contributed by atoms with E-state index in [1.807, 2.05) is 18.2 Å². The summed E-state index contributed by atoms with van der Waals surface area (Å²) in [5.74, 6) is -0.276. The standard InChI is InChI=1S/C11H13N5O2/c1-7(11(17)18)12-9-5-3-4-8(6-9)10-13-14-15-16(10)2/h3-7,12H,1-2H3,(H,17,18). The Balaban J connectivity index is 2.26. The van der Waals surface area contributed by atoms with Gasteiger partial charge in [-0.25, -0.2) is 4.68 Å². The van der Waals surface area contributed by atoms with Crippen molar-refractivity contribution in [3.05, 3.63) is 24.3 Å². The minimum atomic E-state index is -0.902. The second-order valence-corrected chi connectivity index (χ2v) is 3.91. The molecule has 0 radical (unpaired) electrons. The van der Waals surface area contributed by atoms with E-state index >= 15 is 0 Å². The Kier molecular flexibility index (Phi) is 3.22. The van der Waals surface area contributed by atoms with Crippen LogP contribution in [0.3, 0.4) is 0 Å². The summed E-state index contributed by atoms with van der Waals surface area (Å²) in [5, 5.41) is 22.9. The molecule has 2 aromatic rings. The lowest BCUT2D eigenvalue weighted by molar-refractivity contribution is -0.137. The van der Waals surface area contributed by atoms with E-state index in [1.54, 1.807) is 24.7 Å². The summed E-state index contributed by atoms with van der Waals surface area (Å²) in [7, 11) is 1.75. The molecule has 7 heteroatoms. The highest BCUT2D eigenvalue weighted by atomic mass is 16.4. The predicted octanol–water partition coefficient (Wildman–Crippen LogP) is 0.762. The van der Waals surface area contributed by atoms with Crippen LogP contribution in [0, 0.1) is 0 Å². The van der Waals surface area contributed by atoms with Crippen LogP contribution in [0.4, 0.5) is 5.69 Å². The molecule has 2 N–H and O–H groups in total. The number of benzene rings is 1. The van der Waals surface area contributed by atoms with Crippen LogP contribution in [0.2, 0.25) is 0 Å². The molecule has 1 aromatic heterocycles. The molecule has 94 valence electrons. The van der Waals surface area contributed by atoms with Gasteiger partial charge in [0.15, 0.2) is 5.82 Å². The highest BCUT2D eigenvalue weighted by Crippen LogP contribution is 2.19. The molecule has 0 saturated carbocycles. The Bertz CT molecular complexity index is 566. The third-order valence-electron chi connectivity index (χ3n) is 2.49. The second kappa shape index (κ2) is 4.82. The van der Waals surface area contributed by atoms with Crippen molar-refractivity contribution in [1.82, 2.24) is 20.2 Å². The van der Waals surface area contributed by atoms with Crippen molar-refractivity contribution in [2.75, 3.05) is 5.32 Å². The van der Waals surface area contributed by atoms with Crippen LogP contribution in [0.15, 0.2) is 24.3 Å². The maximum atomic E-state index is 10.8. The summed E-state index contributed by atoms with van der Waals surface area (Å²) in [5.41, 5.74) is 1.54.